The molecule has 3 heterocycles. The molecule has 0 saturated carbocycles. The normalized spacial score (nSPS) is 23.8. The molecule has 1 saturated heterocycles. The predicted octanol–water partition coefficient (Wildman–Crippen LogP) is -1.15. The Bertz CT molecular complexity index is 585. The number of anilines is 2. The standard InChI is InChI=1S/C9H12N6O3/c10-7-6-8(14-9(11)13-7)15(3-12-6)4-2-17-5(1-16)18-4/h3-5,16H,1-2H2,(H4,10,11,13,14)/t4-,5+/m0/s1. The number of hydrogen-bond donors (Lipinski definition) is 3. The molecule has 1 aliphatic rings. The zero-order chi connectivity index (χ0) is 12.7. The van der Waals surface area contributed by atoms with Gasteiger partial charge in [-0.3, -0.25) is 4.57 Å². The Balaban J connectivity index is 2.03. The maximum atomic E-state index is 8.94. The lowest BCUT2D eigenvalue weighted by atomic mass is 10.5. The van der Waals surface area contributed by atoms with Crippen LogP contribution in [0.3, 0.4) is 0 Å². The van der Waals surface area contributed by atoms with E-state index in [1.807, 2.05) is 0 Å². The second-order valence-corrected chi connectivity index (χ2v) is 3.83. The van der Waals surface area contributed by atoms with Crippen LogP contribution in [0.1, 0.15) is 6.23 Å². The zero-order valence-electron chi connectivity index (χ0n) is 9.35. The number of hydrogen-bond acceptors (Lipinski definition) is 8. The first-order valence-corrected chi connectivity index (χ1v) is 5.32. The minimum absolute atomic E-state index is 0.0689. The molecular weight excluding hydrogens is 240 g/mol. The van der Waals surface area contributed by atoms with E-state index in [1.165, 1.54) is 6.33 Å². The summed E-state index contributed by atoms with van der Waals surface area (Å²) in [6.45, 7) is 0.0862. The smallest absolute Gasteiger partial charge is 0.224 e. The summed E-state index contributed by atoms with van der Waals surface area (Å²) in [4.78, 5) is 12.0. The molecule has 0 amide bonds. The van der Waals surface area contributed by atoms with Crippen LogP contribution in [0, 0.1) is 0 Å². The molecule has 96 valence electrons. The van der Waals surface area contributed by atoms with Gasteiger partial charge in [0, 0.05) is 0 Å². The summed E-state index contributed by atoms with van der Waals surface area (Å²) in [6, 6.07) is 0. The first-order valence-electron chi connectivity index (χ1n) is 5.32. The third-order valence-electron chi connectivity index (χ3n) is 2.66. The number of rotatable bonds is 2. The molecule has 0 bridgehead atoms. The second kappa shape index (κ2) is 4.05. The molecule has 5 N–H and O–H groups in total. The van der Waals surface area contributed by atoms with Crippen molar-refractivity contribution in [2.24, 2.45) is 0 Å². The molecule has 2 aromatic heterocycles. The van der Waals surface area contributed by atoms with Crippen LogP contribution in [0.25, 0.3) is 11.2 Å². The molecule has 2 aromatic rings. The van der Waals surface area contributed by atoms with Crippen molar-refractivity contribution < 1.29 is 14.6 Å². The summed E-state index contributed by atoms with van der Waals surface area (Å²) in [5.74, 6) is 0.285. The maximum Gasteiger partial charge on any atom is 0.224 e. The molecule has 1 fully saturated rings. The van der Waals surface area contributed by atoms with Gasteiger partial charge in [0.1, 0.15) is 5.52 Å². The molecule has 0 spiro atoms. The number of imidazole rings is 1. The summed E-state index contributed by atoms with van der Waals surface area (Å²) in [5, 5.41) is 8.94. The van der Waals surface area contributed by atoms with Gasteiger partial charge in [0.05, 0.1) is 19.5 Å². The van der Waals surface area contributed by atoms with Crippen LogP contribution in [0.4, 0.5) is 11.8 Å². The predicted molar refractivity (Wildman–Crippen MR) is 61.1 cm³/mol. The van der Waals surface area contributed by atoms with Crippen molar-refractivity contribution in [3.8, 4) is 0 Å². The van der Waals surface area contributed by atoms with Gasteiger partial charge < -0.3 is 26.0 Å². The first kappa shape index (κ1) is 11.1. The van der Waals surface area contributed by atoms with E-state index in [1.54, 1.807) is 4.57 Å². The lowest BCUT2D eigenvalue weighted by molar-refractivity contribution is -0.0980. The lowest BCUT2D eigenvalue weighted by Crippen LogP contribution is -2.15. The highest BCUT2D eigenvalue weighted by atomic mass is 16.7. The Labute approximate surface area is 101 Å². The molecule has 0 aromatic carbocycles. The Hall–Kier alpha value is -1.97. The maximum absolute atomic E-state index is 8.94. The van der Waals surface area contributed by atoms with E-state index in [0.29, 0.717) is 17.8 Å². The van der Waals surface area contributed by atoms with Crippen molar-refractivity contribution in [1.29, 1.82) is 0 Å². The number of nitrogens with zero attached hydrogens (tertiary/aromatic N) is 4. The quantitative estimate of drug-likeness (QED) is 0.610. The van der Waals surface area contributed by atoms with Crippen molar-refractivity contribution in [2.75, 3.05) is 24.7 Å². The molecule has 0 unspecified atom stereocenters. The molecule has 9 nitrogen and oxygen atoms in total. The monoisotopic (exact) mass is 252 g/mol. The van der Waals surface area contributed by atoms with E-state index in [-0.39, 0.29) is 18.4 Å². The third-order valence-corrected chi connectivity index (χ3v) is 2.66. The van der Waals surface area contributed by atoms with Crippen molar-refractivity contribution in [3.05, 3.63) is 6.33 Å². The van der Waals surface area contributed by atoms with Crippen LogP contribution < -0.4 is 11.5 Å². The Morgan fingerprint density at radius 3 is 3.00 bits per heavy atom. The number of nitrogen functional groups attached to an aromatic ring is 2. The number of nitrogens with two attached hydrogens (primary N) is 2. The van der Waals surface area contributed by atoms with Crippen molar-refractivity contribution in [2.45, 2.75) is 12.5 Å². The molecule has 18 heavy (non-hydrogen) atoms. The third kappa shape index (κ3) is 1.65. The van der Waals surface area contributed by atoms with Crippen molar-refractivity contribution in [3.63, 3.8) is 0 Å². The van der Waals surface area contributed by atoms with Crippen molar-refractivity contribution in [1.82, 2.24) is 19.5 Å². The first-order chi connectivity index (χ1) is 8.69. The average Bonchev–Trinajstić information content (AvgIpc) is 2.93. The van der Waals surface area contributed by atoms with Crippen LogP contribution in [0.5, 0.6) is 0 Å². The van der Waals surface area contributed by atoms with E-state index in [9.17, 15) is 0 Å². The van der Waals surface area contributed by atoms with E-state index in [4.69, 9.17) is 26.0 Å². The SMILES string of the molecule is Nc1nc(N)c2ncn([C@@H]3CO[C@@H](CO)O3)c2n1. The van der Waals surface area contributed by atoms with Gasteiger partial charge >= 0.3 is 0 Å². The zero-order valence-corrected chi connectivity index (χ0v) is 9.35. The highest BCUT2D eigenvalue weighted by molar-refractivity contribution is 5.82. The van der Waals surface area contributed by atoms with Gasteiger partial charge in [-0.2, -0.15) is 9.97 Å². The topological polar surface area (TPSA) is 134 Å². The van der Waals surface area contributed by atoms with Gasteiger partial charge in [-0.15, -0.1) is 0 Å². The van der Waals surface area contributed by atoms with Gasteiger partial charge in [0.2, 0.25) is 5.95 Å². The fourth-order valence-electron chi connectivity index (χ4n) is 1.85. The fraction of sp³-hybridized carbons (Fsp3) is 0.444. The Morgan fingerprint density at radius 1 is 1.44 bits per heavy atom. The number of ether oxygens (including phenoxy) is 2. The van der Waals surface area contributed by atoms with Crippen molar-refractivity contribution >= 4 is 22.9 Å². The molecule has 9 heteroatoms. The van der Waals surface area contributed by atoms with E-state index in [2.05, 4.69) is 15.0 Å². The minimum atomic E-state index is -0.635. The summed E-state index contributed by atoms with van der Waals surface area (Å²) in [7, 11) is 0. The summed E-state index contributed by atoms with van der Waals surface area (Å²) in [6.07, 6.45) is 0.480. The van der Waals surface area contributed by atoms with Gasteiger partial charge in [-0.05, 0) is 0 Å². The molecule has 1 aliphatic heterocycles. The van der Waals surface area contributed by atoms with E-state index >= 15 is 0 Å². The molecule has 0 aliphatic carbocycles. The van der Waals surface area contributed by atoms with Gasteiger partial charge in [0.15, 0.2) is 24.0 Å². The molecule has 0 radical (unpaired) electrons. The highest BCUT2D eigenvalue weighted by Gasteiger charge is 2.28. The lowest BCUT2D eigenvalue weighted by Gasteiger charge is -2.11. The number of aromatic nitrogens is 4. The Morgan fingerprint density at radius 2 is 2.28 bits per heavy atom. The summed E-state index contributed by atoms with van der Waals surface area (Å²) < 4.78 is 12.3. The largest absolute Gasteiger partial charge is 0.391 e. The minimum Gasteiger partial charge on any atom is -0.391 e. The highest BCUT2D eigenvalue weighted by Crippen LogP contribution is 2.26. The van der Waals surface area contributed by atoms with Crippen LogP contribution in [-0.2, 0) is 9.47 Å². The number of fused-ring (bicyclic) bond motifs is 1. The number of aliphatic hydroxyl groups is 1. The van der Waals surface area contributed by atoms with Gasteiger partial charge in [-0.25, -0.2) is 4.98 Å². The van der Waals surface area contributed by atoms with Gasteiger partial charge in [0.25, 0.3) is 0 Å². The molecule has 3 rings (SSSR count). The van der Waals surface area contributed by atoms with Crippen LogP contribution in [0.2, 0.25) is 0 Å². The number of aliphatic hydroxyl groups excluding tert-OH is 1. The Kier molecular flexibility index (Phi) is 2.51. The summed E-state index contributed by atoms with van der Waals surface area (Å²) >= 11 is 0. The summed E-state index contributed by atoms with van der Waals surface area (Å²) in [5.41, 5.74) is 12.2. The van der Waals surface area contributed by atoms with E-state index in [0.717, 1.165) is 0 Å². The van der Waals surface area contributed by atoms with Crippen LogP contribution in [0.15, 0.2) is 6.33 Å². The van der Waals surface area contributed by atoms with Gasteiger partial charge in [-0.1, -0.05) is 0 Å². The fourth-order valence-corrected chi connectivity index (χ4v) is 1.85. The second-order valence-electron chi connectivity index (χ2n) is 3.83. The molecule has 2 atom stereocenters. The van der Waals surface area contributed by atoms with Crippen LogP contribution in [-0.4, -0.2) is 44.1 Å². The van der Waals surface area contributed by atoms with Crippen LogP contribution >= 0.6 is 0 Å². The molecular formula is C9H12N6O3. The average molecular weight is 252 g/mol. The van der Waals surface area contributed by atoms with E-state index < -0.39 is 12.5 Å².